The number of amides is 3. The predicted molar refractivity (Wildman–Crippen MR) is 138 cm³/mol. The maximum atomic E-state index is 13.2. The Morgan fingerprint density at radius 2 is 2.00 bits per heavy atom. The molecule has 1 aromatic heterocycles. The summed E-state index contributed by atoms with van der Waals surface area (Å²) in [5.41, 5.74) is 0.153. The molecule has 202 valence electrons. The maximum absolute atomic E-state index is 13.2. The van der Waals surface area contributed by atoms with Gasteiger partial charge in [0.1, 0.15) is 12.6 Å². The number of halogens is 3. The van der Waals surface area contributed by atoms with Crippen molar-refractivity contribution in [2.75, 3.05) is 43.1 Å². The van der Waals surface area contributed by atoms with E-state index in [-0.39, 0.29) is 42.5 Å². The molecular weight excluding hydrogens is 530 g/mol. The Morgan fingerprint density at radius 1 is 1.24 bits per heavy atom. The molecule has 0 radical (unpaired) electrons. The van der Waals surface area contributed by atoms with Crippen molar-refractivity contribution in [2.45, 2.75) is 33.4 Å². The number of nitrogens with one attached hydrogen (secondary N) is 3. The second-order valence-corrected chi connectivity index (χ2v) is 11.2. The largest absolute Gasteiger partial charge is 0.433 e. The van der Waals surface area contributed by atoms with Crippen molar-refractivity contribution in [1.82, 2.24) is 10.6 Å². The number of hydrogen-bond acceptors (Lipinski definition) is 7. The minimum Gasteiger partial charge on any atom is -0.433 e. The van der Waals surface area contributed by atoms with E-state index in [1.807, 2.05) is 20.8 Å². The Kier molecular flexibility index (Phi) is 9.82. The van der Waals surface area contributed by atoms with Gasteiger partial charge in [-0.1, -0.05) is 32.4 Å². The zero-order valence-electron chi connectivity index (χ0n) is 20.6. The van der Waals surface area contributed by atoms with Gasteiger partial charge in [0.25, 0.3) is 11.8 Å². The molecule has 0 spiro atoms. The first-order valence-corrected chi connectivity index (χ1v) is 12.7. The summed E-state index contributed by atoms with van der Waals surface area (Å²) < 4.78 is 36.5. The van der Waals surface area contributed by atoms with Crippen molar-refractivity contribution in [3.05, 3.63) is 39.5 Å². The average molecular weight is 559 g/mol. The van der Waals surface area contributed by atoms with E-state index in [4.69, 9.17) is 16.3 Å². The zero-order chi connectivity index (χ0) is 27.2. The third kappa shape index (κ3) is 8.63. The molecule has 3 rings (SSSR count). The van der Waals surface area contributed by atoms with Crippen LogP contribution in [0.5, 0.6) is 5.75 Å². The molecule has 1 aliphatic rings. The van der Waals surface area contributed by atoms with Crippen LogP contribution in [0.15, 0.2) is 30.3 Å². The van der Waals surface area contributed by atoms with Crippen LogP contribution in [0.2, 0.25) is 4.34 Å². The summed E-state index contributed by atoms with van der Waals surface area (Å²) in [6.07, 6.45) is 0. The van der Waals surface area contributed by atoms with Gasteiger partial charge in [-0.3, -0.25) is 14.4 Å². The number of ether oxygens (including phenoxy) is 2. The maximum Gasteiger partial charge on any atom is 0.387 e. The molecule has 1 fully saturated rings. The second kappa shape index (κ2) is 12.6. The number of benzene rings is 1. The van der Waals surface area contributed by atoms with E-state index in [1.165, 1.54) is 23.1 Å². The van der Waals surface area contributed by atoms with E-state index in [9.17, 15) is 23.2 Å². The average Bonchev–Trinajstić information content (AvgIpc) is 3.25. The number of rotatable bonds is 10. The molecule has 3 amide bonds. The molecule has 1 aliphatic heterocycles. The van der Waals surface area contributed by atoms with Crippen LogP contribution in [0.1, 0.15) is 30.4 Å². The van der Waals surface area contributed by atoms with Gasteiger partial charge in [-0.15, -0.1) is 11.3 Å². The fourth-order valence-corrected chi connectivity index (χ4v) is 4.35. The van der Waals surface area contributed by atoms with Crippen LogP contribution in [0.25, 0.3) is 0 Å². The van der Waals surface area contributed by atoms with Gasteiger partial charge in [0.15, 0.2) is 5.75 Å². The zero-order valence-corrected chi connectivity index (χ0v) is 22.2. The Morgan fingerprint density at radius 3 is 2.62 bits per heavy atom. The van der Waals surface area contributed by atoms with Gasteiger partial charge in [0.05, 0.1) is 21.5 Å². The summed E-state index contributed by atoms with van der Waals surface area (Å²) in [6.45, 7) is 3.58. The topological polar surface area (TPSA) is 109 Å². The lowest BCUT2D eigenvalue weighted by Crippen LogP contribution is -2.50. The van der Waals surface area contributed by atoms with Gasteiger partial charge in [-0.25, -0.2) is 0 Å². The van der Waals surface area contributed by atoms with Crippen molar-refractivity contribution in [1.29, 1.82) is 0 Å². The lowest BCUT2D eigenvalue weighted by atomic mass is 9.96. The minimum absolute atomic E-state index is 0.00585. The third-order valence-corrected chi connectivity index (χ3v) is 6.43. The van der Waals surface area contributed by atoms with E-state index >= 15 is 0 Å². The Balaban J connectivity index is 1.77. The number of anilines is 2. The number of alkyl halides is 2. The highest BCUT2D eigenvalue weighted by Gasteiger charge is 2.26. The first-order valence-electron chi connectivity index (χ1n) is 11.5. The van der Waals surface area contributed by atoms with Crippen LogP contribution in [-0.4, -0.2) is 63.2 Å². The lowest BCUT2D eigenvalue weighted by Gasteiger charge is -2.28. The molecule has 0 saturated carbocycles. The standard InChI is InChI=1S/C24H29ClF2N4O5S/c1-24(2,3)13-29-16(11-28-22(34)18-6-7-19(25)37-18)21(33)30-15-5-4-14(10-17(15)36-23(26)27)31-8-9-35-12-20(31)32/h4-7,10,16,23,29H,8-9,11-13H2,1-3H3,(H,28,34)(H,30,33)/t16-/m1/s1. The Bertz CT molecular complexity index is 1120. The summed E-state index contributed by atoms with van der Waals surface area (Å²) in [7, 11) is 0. The first kappa shape index (κ1) is 28.8. The molecule has 0 bridgehead atoms. The molecule has 0 unspecified atom stereocenters. The van der Waals surface area contributed by atoms with E-state index in [0.717, 1.165) is 11.3 Å². The number of hydrogen-bond donors (Lipinski definition) is 3. The minimum atomic E-state index is -3.15. The van der Waals surface area contributed by atoms with Crippen LogP contribution < -0.4 is 25.6 Å². The van der Waals surface area contributed by atoms with Crippen LogP contribution in [-0.2, 0) is 14.3 Å². The number of carbonyl (C=O) groups is 3. The molecule has 2 heterocycles. The summed E-state index contributed by atoms with van der Waals surface area (Å²) in [5.74, 6) is -1.58. The van der Waals surface area contributed by atoms with Gasteiger partial charge >= 0.3 is 6.61 Å². The molecule has 1 saturated heterocycles. The summed E-state index contributed by atoms with van der Waals surface area (Å²) in [5, 5.41) is 8.42. The highest BCUT2D eigenvalue weighted by atomic mass is 35.5. The van der Waals surface area contributed by atoms with Gasteiger partial charge in [-0.05, 0) is 29.7 Å². The highest BCUT2D eigenvalue weighted by molar-refractivity contribution is 7.18. The molecule has 0 aliphatic carbocycles. The van der Waals surface area contributed by atoms with Crippen molar-refractivity contribution >= 4 is 52.0 Å². The molecule has 1 atom stereocenters. The number of morpholine rings is 1. The van der Waals surface area contributed by atoms with Crippen LogP contribution in [0, 0.1) is 5.41 Å². The molecule has 2 aromatic rings. The van der Waals surface area contributed by atoms with Crippen molar-refractivity contribution in [3.63, 3.8) is 0 Å². The SMILES string of the molecule is CC(C)(C)CN[C@H](CNC(=O)c1ccc(Cl)s1)C(=O)Nc1ccc(N2CCOCC2=O)cc1OC(F)F. The van der Waals surface area contributed by atoms with Crippen molar-refractivity contribution < 1.29 is 32.6 Å². The van der Waals surface area contributed by atoms with E-state index in [0.29, 0.717) is 28.1 Å². The number of carbonyl (C=O) groups excluding carboxylic acids is 3. The lowest BCUT2D eigenvalue weighted by molar-refractivity contribution is -0.125. The molecule has 1 aromatic carbocycles. The first-order chi connectivity index (χ1) is 17.4. The summed E-state index contributed by atoms with van der Waals surface area (Å²) in [6, 6.07) is 6.47. The van der Waals surface area contributed by atoms with Crippen LogP contribution in [0.3, 0.4) is 0 Å². The van der Waals surface area contributed by atoms with E-state index in [2.05, 4.69) is 20.7 Å². The van der Waals surface area contributed by atoms with Gasteiger partial charge in [-0.2, -0.15) is 8.78 Å². The molecular formula is C24H29ClF2N4O5S. The number of nitrogens with zero attached hydrogens (tertiary/aromatic N) is 1. The van der Waals surface area contributed by atoms with E-state index in [1.54, 1.807) is 12.1 Å². The van der Waals surface area contributed by atoms with Crippen LogP contribution >= 0.6 is 22.9 Å². The molecule has 9 nitrogen and oxygen atoms in total. The third-order valence-electron chi connectivity index (χ3n) is 5.20. The van der Waals surface area contributed by atoms with Gasteiger partial charge in [0.2, 0.25) is 5.91 Å². The fraction of sp³-hybridized carbons (Fsp3) is 0.458. The van der Waals surface area contributed by atoms with Gasteiger partial charge < -0.3 is 30.3 Å². The molecule has 3 N–H and O–H groups in total. The predicted octanol–water partition coefficient (Wildman–Crippen LogP) is 3.74. The Labute approximate surface area is 222 Å². The molecule has 13 heteroatoms. The summed E-state index contributed by atoms with van der Waals surface area (Å²) >= 11 is 7.00. The number of thiophene rings is 1. The normalized spacial score (nSPS) is 15.0. The smallest absolute Gasteiger partial charge is 0.387 e. The second-order valence-electron chi connectivity index (χ2n) is 9.45. The van der Waals surface area contributed by atoms with Crippen molar-refractivity contribution in [2.24, 2.45) is 5.41 Å². The van der Waals surface area contributed by atoms with Crippen molar-refractivity contribution in [3.8, 4) is 5.75 Å². The quantitative estimate of drug-likeness (QED) is 0.410. The highest BCUT2D eigenvalue weighted by Crippen LogP contribution is 2.32. The summed E-state index contributed by atoms with van der Waals surface area (Å²) in [4.78, 5) is 39.6. The molecule has 37 heavy (non-hydrogen) atoms. The van der Waals surface area contributed by atoms with Gasteiger partial charge in [0, 0.05) is 31.4 Å². The monoisotopic (exact) mass is 558 g/mol. The Hall–Kier alpha value is -2.80. The van der Waals surface area contributed by atoms with E-state index < -0.39 is 24.5 Å². The fourth-order valence-electron chi connectivity index (χ4n) is 3.39. The van der Waals surface area contributed by atoms with Crippen LogP contribution in [0.4, 0.5) is 20.2 Å².